The van der Waals surface area contributed by atoms with Crippen molar-refractivity contribution in [3.63, 3.8) is 0 Å². The minimum absolute atomic E-state index is 0.116. The number of aromatic nitrogens is 2. The van der Waals surface area contributed by atoms with E-state index in [-0.39, 0.29) is 11.3 Å². The van der Waals surface area contributed by atoms with Crippen molar-refractivity contribution in [1.29, 1.82) is 0 Å². The van der Waals surface area contributed by atoms with Crippen LogP contribution in [0.25, 0.3) is 0 Å². The van der Waals surface area contributed by atoms with E-state index in [1.807, 2.05) is 0 Å². The van der Waals surface area contributed by atoms with Crippen LogP contribution in [0.15, 0.2) is 28.2 Å². The van der Waals surface area contributed by atoms with E-state index in [0.717, 1.165) is 48.9 Å². The van der Waals surface area contributed by atoms with E-state index in [0.29, 0.717) is 10.7 Å². The summed E-state index contributed by atoms with van der Waals surface area (Å²) in [6.07, 6.45) is 2.36. The third-order valence-corrected chi connectivity index (χ3v) is 4.36. The molecular weight excluding hydrogens is 324 g/mol. The molecule has 5 nitrogen and oxygen atoms in total. The highest BCUT2D eigenvalue weighted by Gasteiger charge is 2.18. The highest BCUT2D eigenvalue weighted by atomic mass is 32.2. The minimum atomic E-state index is -0.840. The highest BCUT2D eigenvalue weighted by Crippen LogP contribution is 2.21. The van der Waals surface area contributed by atoms with E-state index in [9.17, 15) is 18.4 Å². The summed E-state index contributed by atoms with van der Waals surface area (Å²) in [5.41, 5.74) is 0.799. The fraction of sp³-hybridized carbons (Fsp3) is 0.267. The lowest BCUT2D eigenvalue weighted by Gasteiger charge is -2.07. The Bertz CT molecular complexity index is 803. The monoisotopic (exact) mass is 337 g/mol. The number of H-pyrrole nitrogens is 1. The SMILES string of the molecule is O=C(CSc1nc2c(c(=O)[nH]1)CCC2)Nc1c(F)cccc1F. The molecule has 0 fully saturated rings. The first-order valence-corrected chi connectivity index (χ1v) is 8.02. The highest BCUT2D eigenvalue weighted by molar-refractivity contribution is 7.99. The Labute approximate surface area is 134 Å². The number of carbonyl (C=O) groups is 1. The minimum Gasteiger partial charge on any atom is -0.320 e. The lowest BCUT2D eigenvalue weighted by molar-refractivity contribution is -0.113. The molecule has 3 rings (SSSR count). The number of carbonyl (C=O) groups excluding carboxylic acids is 1. The Kier molecular flexibility index (Phi) is 4.42. The van der Waals surface area contributed by atoms with Gasteiger partial charge in [-0.05, 0) is 31.4 Å². The molecule has 8 heteroatoms. The fourth-order valence-electron chi connectivity index (χ4n) is 2.41. The van der Waals surface area contributed by atoms with E-state index in [2.05, 4.69) is 15.3 Å². The number of benzene rings is 1. The van der Waals surface area contributed by atoms with Gasteiger partial charge in [-0.1, -0.05) is 17.8 Å². The number of nitrogens with zero attached hydrogens (tertiary/aromatic N) is 1. The third-order valence-electron chi connectivity index (χ3n) is 3.49. The summed E-state index contributed by atoms with van der Waals surface area (Å²) in [7, 11) is 0. The van der Waals surface area contributed by atoms with Gasteiger partial charge in [0.05, 0.1) is 11.4 Å². The predicted molar refractivity (Wildman–Crippen MR) is 82.6 cm³/mol. The fourth-order valence-corrected chi connectivity index (χ4v) is 3.09. The molecule has 2 aromatic rings. The summed E-state index contributed by atoms with van der Waals surface area (Å²) < 4.78 is 26.9. The van der Waals surface area contributed by atoms with Crippen LogP contribution in [-0.4, -0.2) is 21.6 Å². The van der Waals surface area contributed by atoms with Crippen molar-refractivity contribution in [2.24, 2.45) is 0 Å². The average Bonchev–Trinajstić information content (AvgIpc) is 2.98. The van der Waals surface area contributed by atoms with Gasteiger partial charge in [0.25, 0.3) is 5.56 Å². The molecule has 0 radical (unpaired) electrons. The molecule has 0 unspecified atom stereocenters. The summed E-state index contributed by atoms with van der Waals surface area (Å²) in [6.45, 7) is 0. The molecule has 0 atom stereocenters. The number of nitrogens with one attached hydrogen (secondary N) is 2. The molecule has 0 bridgehead atoms. The van der Waals surface area contributed by atoms with Gasteiger partial charge in [-0.25, -0.2) is 13.8 Å². The molecule has 1 aromatic heterocycles. The standard InChI is InChI=1S/C15H13F2N3O2S/c16-9-4-2-5-10(17)13(9)19-12(21)7-23-15-18-11-6-1-3-8(11)14(22)20-15/h2,4-5H,1,3,6-7H2,(H,19,21)(H,18,20,22). The van der Waals surface area contributed by atoms with Crippen LogP contribution in [0.4, 0.5) is 14.5 Å². The number of rotatable bonds is 4. The molecule has 0 spiro atoms. The Hall–Kier alpha value is -2.22. The number of halogens is 2. The maximum atomic E-state index is 13.5. The number of fused-ring (bicyclic) bond motifs is 1. The van der Waals surface area contributed by atoms with E-state index in [4.69, 9.17) is 0 Å². The number of anilines is 1. The molecule has 1 heterocycles. The quantitative estimate of drug-likeness (QED) is 0.663. The van der Waals surface area contributed by atoms with Gasteiger partial charge in [0, 0.05) is 5.56 Å². The van der Waals surface area contributed by atoms with Crippen LogP contribution in [-0.2, 0) is 17.6 Å². The molecule has 0 saturated carbocycles. The molecule has 120 valence electrons. The molecule has 1 amide bonds. The summed E-state index contributed by atoms with van der Waals surface area (Å²) in [5.74, 6) is -2.38. The average molecular weight is 337 g/mol. The Morgan fingerprint density at radius 3 is 2.78 bits per heavy atom. The van der Waals surface area contributed by atoms with E-state index in [1.54, 1.807) is 0 Å². The van der Waals surface area contributed by atoms with Crippen LogP contribution in [0, 0.1) is 11.6 Å². The zero-order valence-corrected chi connectivity index (χ0v) is 12.8. The largest absolute Gasteiger partial charge is 0.320 e. The molecule has 1 aromatic carbocycles. The van der Waals surface area contributed by atoms with Crippen LogP contribution >= 0.6 is 11.8 Å². The molecule has 0 aliphatic heterocycles. The van der Waals surface area contributed by atoms with E-state index in [1.165, 1.54) is 6.07 Å². The van der Waals surface area contributed by atoms with Gasteiger partial charge in [0.1, 0.15) is 17.3 Å². The summed E-state index contributed by atoms with van der Waals surface area (Å²) in [4.78, 5) is 30.6. The Morgan fingerprint density at radius 1 is 1.30 bits per heavy atom. The Balaban J connectivity index is 1.66. The van der Waals surface area contributed by atoms with Gasteiger partial charge in [0.15, 0.2) is 5.16 Å². The number of hydrogen-bond acceptors (Lipinski definition) is 4. The zero-order valence-electron chi connectivity index (χ0n) is 12.0. The summed E-state index contributed by atoms with van der Waals surface area (Å²) in [5, 5.41) is 2.52. The van der Waals surface area contributed by atoms with Gasteiger partial charge < -0.3 is 10.3 Å². The molecular formula is C15H13F2N3O2S. The van der Waals surface area contributed by atoms with Gasteiger partial charge in [-0.15, -0.1) is 0 Å². The number of hydrogen-bond donors (Lipinski definition) is 2. The van der Waals surface area contributed by atoms with Crippen molar-refractivity contribution in [2.75, 3.05) is 11.1 Å². The Morgan fingerprint density at radius 2 is 2.04 bits per heavy atom. The van der Waals surface area contributed by atoms with Crippen molar-refractivity contribution >= 4 is 23.4 Å². The smallest absolute Gasteiger partial charge is 0.254 e. The predicted octanol–water partition coefficient (Wildman–Crippen LogP) is 2.27. The number of aromatic amines is 1. The summed E-state index contributed by atoms with van der Waals surface area (Å²) in [6, 6.07) is 3.34. The van der Waals surface area contributed by atoms with Crippen molar-refractivity contribution in [1.82, 2.24) is 9.97 Å². The second-order valence-corrected chi connectivity index (χ2v) is 6.05. The molecule has 2 N–H and O–H groups in total. The van der Waals surface area contributed by atoms with Crippen LogP contribution in [0.1, 0.15) is 17.7 Å². The van der Waals surface area contributed by atoms with Crippen LogP contribution in [0.2, 0.25) is 0 Å². The van der Waals surface area contributed by atoms with Gasteiger partial charge in [-0.2, -0.15) is 0 Å². The van der Waals surface area contributed by atoms with Gasteiger partial charge in [0.2, 0.25) is 5.91 Å². The maximum Gasteiger partial charge on any atom is 0.254 e. The normalized spacial score (nSPS) is 13.0. The van der Waals surface area contributed by atoms with Gasteiger partial charge in [-0.3, -0.25) is 9.59 Å². The van der Waals surface area contributed by atoms with Crippen LogP contribution in [0.3, 0.4) is 0 Å². The van der Waals surface area contributed by atoms with Crippen LogP contribution in [0.5, 0.6) is 0 Å². The first-order chi connectivity index (χ1) is 11.0. The van der Waals surface area contributed by atoms with Gasteiger partial charge >= 0.3 is 0 Å². The summed E-state index contributed by atoms with van der Waals surface area (Å²) >= 11 is 1.02. The molecule has 1 aliphatic rings. The molecule has 1 aliphatic carbocycles. The molecule has 23 heavy (non-hydrogen) atoms. The van der Waals surface area contributed by atoms with E-state index >= 15 is 0 Å². The number of amides is 1. The topological polar surface area (TPSA) is 74.8 Å². The first kappa shape index (κ1) is 15.7. The van der Waals surface area contributed by atoms with Crippen molar-refractivity contribution in [2.45, 2.75) is 24.4 Å². The molecule has 0 saturated heterocycles. The second kappa shape index (κ2) is 6.49. The number of aryl methyl sites for hydroxylation is 1. The van der Waals surface area contributed by atoms with Crippen molar-refractivity contribution in [3.05, 3.63) is 51.4 Å². The van der Waals surface area contributed by atoms with Crippen molar-refractivity contribution < 1.29 is 13.6 Å². The zero-order chi connectivity index (χ0) is 16.4. The van der Waals surface area contributed by atoms with Crippen LogP contribution < -0.4 is 10.9 Å². The second-order valence-electron chi connectivity index (χ2n) is 5.08. The lowest BCUT2D eigenvalue weighted by Crippen LogP contribution is -2.18. The van der Waals surface area contributed by atoms with Crippen molar-refractivity contribution in [3.8, 4) is 0 Å². The first-order valence-electron chi connectivity index (χ1n) is 7.03. The third kappa shape index (κ3) is 3.42. The maximum absolute atomic E-state index is 13.5. The number of para-hydroxylation sites is 1. The number of thioether (sulfide) groups is 1. The lowest BCUT2D eigenvalue weighted by atomic mass is 10.3. The van der Waals surface area contributed by atoms with E-state index < -0.39 is 23.2 Å².